The first-order chi connectivity index (χ1) is 13.2. The molecule has 0 aliphatic carbocycles. The molecule has 2 aromatic rings. The van der Waals surface area contributed by atoms with E-state index in [9.17, 15) is 13.2 Å². The lowest BCUT2D eigenvalue weighted by atomic mass is 9.94. The summed E-state index contributed by atoms with van der Waals surface area (Å²) >= 11 is 0. The third-order valence-electron chi connectivity index (χ3n) is 5.25. The van der Waals surface area contributed by atoms with Gasteiger partial charge in [0.2, 0.25) is 10.0 Å². The van der Waals surface area contributed by atoms with Crippen LogP contribution < -0.4 is 4.72 Å². The normalized spacial score (nSPS) is 15.1. The second-order valence-corrected chi connectivity index (χ2v) is 9.36. The quantitative estimate of drug-likeness (QED) is 0.752. The van der Waals surface area contributed by atoms with Gasteiger partial charge in [-0.2, -0.15) is 0 Å². The minimum Gasteiger partial charge on any atom is -0.465 e. The van der Waals surface area contributed by atoms with Gasteiger partial charge in [0, 0.05) is 25.2 Å². The number of carbonyl (C=O) groups excluding carboxylic acids is 1. The van der Waals surface area contributed by atoms with Gasteiger partial charge in [-0.1, -0.05) is 30.3 Å². The monoisotopic (exact) mass is 402 g/mol. The Bertz CT molecular complexity index is 970. The molecule has 7 heteroatoms. The van der Waals surface area contributed by atoms with Crippen LogP contribution >= 0.6 is 0 Å². The van der Waals surface area contributed by atoms with E-state index in [1.807, 2.05) is 19.9 Å². The summed E-state index contributed by atoms with van der Waals surface area (Å²) < 4.78 is 32.8. The lowest BCUT2D eigenvalue weighted by Gasteiger charge is -2.41. The van der Waals surface area contributed by atoms with Crippen molar-refractivity contribution in [3.8, 4) is 0 Å². The largest absolute Gasteiger partial charge is 0.465 e. The minimum atomic E-state index is -3.74. The van der Waals surface area contributed by atoms with Crippen LogP contribution in [0.2, 0.25) is 0 Å². The van der Waals surface area contributed by atoms with Gasteiger partial charge in [0.05, 0.1) is 17.6 Å². The van der Waals surface area contributed by atoms with Crippen LogP contribution in [0.15, 0.2) is 53.4 Å². The molecule has 2 aromatic carbocycles. The van der Waals surface area contributed by atoms with E-state index >= 15 is 0 Å². The maximum atomic E-state index is 12.7. The van der Waals surface area contributed by atoms with Crippen molar-refractivity contribution in [2.75, 3.05) is 20.2 Å². The van der Waals surface area contributed by atoms with Crippen molar-refractivity contribution in [1.82, 2.24) is 9.62 Å². The van der Waals surface area contributed by atoms with E-state index < -0.39 is 16.0 Å². The van der Waals surface area contributed by atoms with Crippen molar-refractivity contribution in [1.29, 1.82) is 0 Å². The fourth-order valence-electron chi connectivity index (χ4n) is 3.39. The molecule has 3 rings (SSSR count). The summed E-state index contributed by atoms with van der Waals surface area (Å²) in [5.74, 6) is -0.565. The van der Waals surface area contributed by atoms with E-state index in [1.165, 1.54) is 42.5 Å². The van der Waals surface area contributed by atoms with Gasteiger partial charge in [0.15, 0.2) is 0 Å². The van der Waals surface area contributed by atoms with Gasteiger partial charge in [-0.15, -0.1) is 0 Å². The Morgan fingerprint density at radius 1 is 1.14 bits per heavy atom. The Kier molecular flexibility index (Phi) is 5.88. The van der Waals surface area contributed by atoms with Crippen molar-refractivity contribution < 1.29 is 17.9 Å². The zero-order chi connectivity index (χ0) is 20.4. The molecule has 6 nitrogen and oxygen atoms in total. The summed E-state index contributed by atoms with van der Waals surface area (Å²) in [6.07, 6.45) is 0.952. The van der Waals surface area contributed by atoms with Crippen LogP contribution in [0, 0.1) is 0 Å². The topological polar surface area (TPSA) is 75.7 Å². The number of rotatable bonds is 6. The van der Waals surface area contributed by atoms with Crippen LogP contribution in [0.3, 0.4) is 0 Å². The molecular formula is C21H26N2O4S. The highest BCUT2D eigenvalue weighted by molar-refractivity contribution is 7.89. The molecule has 0 saturated heterocycles. The van der Waals surface area contributed by atoms with Gasteiger partial charge in [-0.05, 0) is 49.6 Å². The summed E-state index contributed by atoms with van der Waals surface area (Å²) in [6.45, 7) is 6.01. The van der Waals surface area contributed by atoms with E-state index in [0.29, 0.717) is 0 Å². The molecule has 1 N–H and O–H groups in total. The molecule has 1 aliphatic rings. The zero-order valence-corrected chi connectivity index (χ0v) is 17.3. The van der Waals surface area contributed by atoms with Gasteiger partial charge < -0.3 is 4.74 Å². The molecule has 28 heavy (non-hydrogen) atoms. The number of esters is 1. The predicted molar refractivity (Wildman–Crippen MR) is 108 cm³/mol. The van der Waals surface area contributed by atoms with E-state index in [1.54, 1.807) is 0 Å². The third-order valence-corrected chi connectivity index (χ3v) is 6.65. The summed E-state index contributed by atoms with van der Waals surface area (Å²) in [5, 5.41) is 0. The maximum absolute atomic E-state index is 12.7. The fraction of sp³-hybridized carbons (Fsp3) is 0.381. The van der Waals surface area contributed by atoms with E-state index in [4.69, 9.17) is 0 Å². The summed E-state index contributed by atoms with van der Waals surface area (Å²) in [6, 6.07) is 14.2. The standard InChI is InChI=1S/C21H26N2O4S/c1-21(2,23-12-11-16-7-4-5-8-18(16)14-23)15-22-28(25,26)19-10-6-9-17(13-19)20(24)27-3/h4-10,13,22H,11-12,14-15H2,1-3H3. The van der Waals surface area contributed by atoms with Crippen LogP contribution in [-0.4, -0.2) is 45.0 Å². The van der Waals surface area contributed by atoms with Crippen LogP contribution in [0.25, 0.3) is 0 Å². The second-order valence-electron chi connectivity index (χ2n) is 7.60. The SMILES string of the molecule is COC(=O)c1cccc(S(=O)(=O)NCC(C)(C)N2CCc3ccccc3C2)c1. The lowest BCUT2D eigenvalue weighted by Crippen LogP contribution is -2.53. The first kappa shape index (κ1) is 20.5. The van der Waals surface area contributed by atoms with Crippen LogP contribution in [-0.2, 0) is 27.7 Å². The van der Waals surface area contributed by atoms with Gasteiger partial charge in [0.1, 0.15) is 0 Å². The molecule has 150 valence electrons. The molecule has 0 saturated carbocycles. The van der Waals surface area contributed by atoms with Crippen LogP contribution in [0.4, 0.5) is 0 Å². The predicted octanol–water partition coefficient (Wildman–Crippen LogP) is 2.59. The van der Waals surface area contributed by atoms with E-state index in [2.05, 4.69) is 32.6 Å². The number of nitrogens with zero attached hydrogens (tertiary/aromatic N) is 1. The molecule has 0 aromatic heterocycles. The lowest BCUT2D eigenvalue weighted by molar-refractivity contribution is 0.0600. The third kappa shape index (κ3) is 4.43. The molecule has 0 amide bonds. The molecule has 0 fully saturated rings. The summed E-state index contributed by atoms with van der Waals surface area (Å²) in [7, 11) is -2.48. The smallest absolute Gasteiger partial charge is 0.337 e. The second kappa shape index (κ2) is 8.03. The van der Waals surface area contributed by atoms with Crippen LogP contribution in [0.5, 0.6) is 0 Å². The Balaban J connectivity index is 1.71. The number of carbonyl (C=O) groups is 1. The molecule has 0 spiro atoms. The number of fused-ring (bicyclic) bond motifs is 1. The minimum absolute atomic E-state index is 0.0511. The highest BCUT2D eigenvalue weighted by atomic mass is 32.2. The van der Waals surface area contributed by atoms with E-state index in [-0.39, 0.29) is 22.5 Å². The average molecular weight is 403 g/mol. The number of sulfonamides is 1. The average Bonchev–Trinajstić information content (AvgIpc) is 2.71. The molecular weight excluding hydrogens is 376 g/mol. The van der Waals surface area contributed by atoms with Crippen LogP contribution in [0.1, 0.15) is 35.3 Å². The number of hydrogen-bond donors (Lipinski definition) is 1. The van der Waals surface area contributed by atoms with Gasteiger partial charge in [-0.3, -0.25) is 4.90 Å². The Morgan fingerprint density at radius 2 is 1.86 bits per heavy atom. The number of methoxy groups -OCH3 is 1. The zero-order valence-electron chi connectivity index (χ0n) is 16.4. The van der Waals surface area contributed by atoms with Crippen molar-refractivity contribution in [3.05, 3.63) is 65.2 Å². The summed E-state index contributed by atoms with van der Waals surface area (Å²) in [4.78, 5) is 14.0. The number of nitrogens with one attached hydrogen (secondary N) is 1. The first-order valence-corrected chi connectivity index (χ1v) is 10.7. The first-order valence-electron chi connectivity index (χ1n) is 9.23. The molecule has 0 bridgehead atoms. The number of benzene rings is 2. The number of hydrogen-bond acceptors (Lipinski definition) is 5. The Hall–Kier alpha value is -2.22. The molecule has 0 unspecified atom stereocenters. The van der Waals surface area contributed by atoms with Gasteiger partial charge in [0.25, 0.3) is 0 Å². The van der Waals surface area contributed by atoms with Crippen molar-refractivity contribution in [2.24, 2.45) is 0 Å². The fourth-order valence-corrected chi connectivity index (χ4v) is 4.64. The maximum Gasteiger partial charge on any atom is 0.337 e. The Labute approximate surface area is 166 Å². The van der Waals surface area contributed by atoms with Gasteiger partial charge in [-0.25, -0.2) is 17.9 Å². The van der Waals surface area contributed by atoms with E-state index in [0.717, 1.165) is 19.5 Å². The van der Waals surface area contributed by atoms with Crippen molar-refractivity contribution >= 4 is 16.0 Å². The highest BCUT2D eigenvalue weighted by Crippen LogP contribution is 2.25. The van der Waals surface area contributed by atoms with Crippen molar-refractivity contribution in [2.45, 2.75) is 37.2 Å². The van der Waals surface area contributed by atoms with Gasteiger partial charge >= 0.3 is 5.97 Å². The van der Waals surface area contributed by atoms with Crippen molar-refractivity contribution in [3.63, 3.8) is 0 Å². The number of ether oxygens (including phenoxy) is 1. The molecule has 0 radical (unpaired) electrons. The molecule has 1 heterocycles. The summed E-state index contributed by atoms with van der Waals surface area (Å²) in [5.41, 5.74) is 2.49. The molecule has 0 atom stereocenters. The molecule has 1 aliphatic heterocycles. The Morgan fingerprint density at radius 3 is 2.57 bits per heavy atom. The highest BCUT2D eigenvalue weighted by Gasteiger charge is 2.31.